The highest BCUT2D eigenvalue weighted by molar-refractivity contribution is 7.92. The highest BCUT2D eigenvalue weighted by Gasteiger charge is 2.34. The van der Waals surface area contributed by atoms with E-state index in [0.29, 0.717) is 10.7 Å². The van der Waals surface area contributed by atoms with Crippen LogP contribution in [-0.2, 0) is 32.6 Å². The second kappa shape index (κ2) is 14.2. The molecule has 0 aliphatic heterocycles. The number of hydrogen-bond acceptors (Lipinski definition) is 4. The summed E-state index contributed by atoms with van der Waals surface area (Å²) >= 11 is 6.29. The zero-order chi connectivity index (χ0) is 30.3. The molecule has 3 aromatic rings. The third kappa shape index (κ3) is 8.58. The Morgan fingerprint density at radius 1 is 0.905 bits per heavy atom. The molecule has 7 nitrogen and oxygen atoms in total. The smallest absolute Gasteiger partial charge is 0.244 e. The van der Waals surface area contributed by atoms with E-state index in [9.17, 15) is 18.0 Å². The molecule has 0 bridgehead atoms. The molecule has 2 amide bonds. The van der Waals surface area contributed by atoms with Crippen LogP contribution in [0.5, 0.6) is 0 Å². The zero-order valence-corrected chi connectivity index (χ0v) is 26.1. The van der Waals surface area contributed by atoms with Crippen LogP contribution < -0.4 is 9.62 Å². The lowest BCUT2D eigenvalue weighted by Crippen LogP contribution is -2.55. The summed E-state index contributed by atoms with van der Waals surface area (Å²) in [6.07, 6.45) is 6.44. The molecule has 3 aromatic carbocycles. The Labute approximate surface area is 254 Å². The average molecular weight is 610 g/mol. The van der Waals surface area contributed by atoms with Crippen molar-refractivity contribution in [3.05, 3.63) is 100 Å². The maximum absolute atomic E-state index is 14.2. The third-order valence-corrected chi connectivity index (χ3v) is 9.30. The highest BCUT2D eigenvalue weighted by Crippen LogP contribution is 2.24. The number of carbonyl (C=O) groups excluding carboxylic acids is 2. The number of carbonyl (C=O) groups is 2. The van der Waals surface area contributed by atoms with E-state index in [4.69, 9.17) is 11.6 Å². The van der Waals surface area contributed by atoms with Gasteiger partial charge in [0.1, 0.15) is 12.6 Å². The number of halogens is 1. The lowest BCUT2D eigenvalue weighted by molar-refractivity contribution is -0.140. The van der Waals surface area contributed by atoms with E-state index in [1.54, 1.807) is 30.3 Å². The topological polar surface area (TPSA) is 86.8 Å². The molecule has 1 aliphatic carbocycles. The van der Waals surface area contributed by atoms with E-state index in [1.165, 1.54) is 4.90 Å². The average Bonchev–Trinajstić information content (AvgIpc) is 2.95. The molecule has 1 unspecified atom stereocenters. The molecule has 42 heavy (non-hydrogen) atoms. The van der Waals surface area contributed by atoms with Crippen molar-refractivity contribution >= 4 is 39.1 Å². The first-order valence-corrected chi connectivity index (χ1v) is 16.7. The number of nitrogens with zero attached hydrogens (tertiary/aromatic N) is 2. The zero-order valence-electron chi connectivity index (χ0n) is 24.6. The highest BCUT2D eigenvalue weighted by atomic mass is 35.5. The molecule has 4 rings (SSSR count). The summed E-state index contributed by atoms with van der Waals surface area (Å²) in [4.78, 5) is 29.8. The fraction of sp³-hybridized carbons (Fsp3) is 0.394. The van der Waals surface area contributed by atoms with Gasteiger partial charge in [0.25, 0.3) is 0 Å². The molecule has 1 aliphatic rings. The first kappa shape index (κ1) is 31.6. The quantitative estimate of drug-likeness (QED) is 0.297. The van der Waals surface area contributed by atoms with Crippen LogP contribution in [0.1, 0.15) is 54.4 Å². The van der Waals surface area contributed by atoms with E-state index in [0.717, 1.165) is 64.9 Å². The van der Waals surface area contributed by atoms with Crippen molar-refractivity contribution in [3.8, 4) is 0 Å². The maximum atomic E-state index is 14.2. The van der Waals surface area contributed by atoms with Gasteiger partial charge in [-0.15, -0.1) is 0 Å². The number of aryl methyl sites for hydroxylation is 2. The minimum absolute atomic E-state index is 0.0516. The van der Waals surface area contributed by atoms with E-state index in [-0.39, 0.29) is 24.9 Å². The normalized spacial score (nSPS) is 14.7. The van der Waals surface area contributed by atoms with Crippen molar-refractivity contribution in [2.45, 2.75) is 71.0 Å². The number of anilines is 1. The summed E-state index contributed by atoms with van der Waals surface area (Å²) in [6, 6.07) is 21.2. The first-order valence-electron chi connectivity index (χ1n) is 14.4. The van der Waals surface area contributed by atoms with Gasteiger partial charge in [0, 0.05) is 24.0 Å². The number of nitrogens with one attached hydrogen (secondary N) is 1. The van der Waals surface area contributed by atoms with Gasteiger partial charge in [0.2, 0.25) is 21.8 Å². The van der Waals surface area contributed by atoms with Gasteiger partial charge < -0.3 is 10.2 Å². The summed E-state index contributed by atoms with van der Waals surface area (Å²) in [5, 5.41) is 3.72. The van der Waals surface area contributed by atoms with Gasteiger partial charge in [-0.3, -0.25) is 13.9 Å². The molecule has 0 aromatic heterocycles. The monoisotopic (exact) mass is 609 g/mol. The van der Waals surface area contributed by atoms with Crippen LogP contribution in [0.25, 0.3) is 0 Å². The maximum Gasteiger partial charge on any atom is 0.244 e. The number of sulfonamides is 1. The molecule has 0 radical (unpaired) electrons. The van der Waals surface area contributed by atoms with E-state index >= 15 is 0 Å². The minimum Gasteiger partial charge on any atom is -0.352 e. The van der Waals surface area contributed by atoms with Gasteiger partial charge in [-0.1, -0.05) is 79.4 Å². The number of amides is 2. The Kier molecular flexibility index (Phi) is 10.7. The second-order valence-electron chi connectivity index (χ2n) is 11.2. The van der Waals surface area contributed by atoms with E-state index in [1.807, 2.05) is 56.3 Å². The van der Waals surface area contributed by atoms with Crippen molar-refractivity contribution in [3.63, 3.8) is 0 Å². The lowest BCUT2D eigenvalue weighted by atomic mass is 9.94. The van der Waals surface area contributed by atoms with Crippen LogP contribution in [0.3, 0.4) is 0 Å². The van der Waals surface area contributed by atoms with Crippen LogP contribution in [0.4, 0.5) is 5.69 Å². The lowest BCUT2D eigenvalue weighted by Gasteiger charge is -2.35. The molecule has 9 heteroatoms. The number of benzene rings is 3. The predicted molar refractivity (Wildman–Crippen MR) is 169 cm³/mol. The fourth-order valence-electron chi connectivity index (χ4n) is 5.42. The number of rotatable bonds is 11. The summed E-state index contributed by atoms with van der Waals surface area (Å²) in [7, 11) is -3.82. The fourth-order valence-corrected chi connectivity index (χ4v) is 6.48. The standard InChI is InChI=1S/C33H40ClN3O4S/c1-24-17-18-30(19-25(24)2)37(42(3,40)41)23-32(38)36(22-27-13-10-14-28(34)20-27)31(21-26-11-6-4-7-12-26)33(39)35-29-15-8-5-9-16-29/h4,6-7,10-14,17-20,29,31H,5,8-9,15-16,21-23H2,1-3H3,(H,35,39). The van der Waals surface area contributed by atoms with Crippen molar-refractivity contribution in [1.29, 1.82) is 0 Å². The molecular formula is C33H40ClN3O4S. The van der Waals surface area contributed by atoms with Crippen molar-refractivity contribution in [2.75, 3.05) is 17.1 Å². The van der Waals surface area contributed by atoms with Crippen LogP contribution in [0.15, 0.2) is 72.8 Å². The van der Waals surface area contributed by atoms with Gasteiger partial charge in [-0.05, 0) is 73.2 Å². The van der Waals surface area contributed by atoms with Gasteiger partial charge in [-0.25, -0.2) is 8.42 Å². The van der Waals surface area contributed by atoms with Crippen molar-refractivity contribution in [2.24, 2.45) is 0 Å². The van der Waals surface area contributed by atoms with Gasteiger partial charge in [0.15, 0.2) is 0 Å². The van der Waals surface area contributed by atoms with Crippen LogP contribution in [-0.4, -0.2) is 50.0 Å². The molecule has 1 saturated carbocycles. The largest absolute Gasteiger partial charge is 0.352 e. The van der Waals surface area contributed by atoms with E-state index in [2.05, 4.69) is 5.32 Å². The number of hydrogen-bond donors (Lipinski definition) is 1. The molecule has 1 atom stereocenters. The molecular weight excluding hydrogens is 570 g/mol. The van der Waals surface area contributed by atoms with Crippen molar-refractivity contribution < 1.29 is 18.0 Å². The van der Waals surface area contributed by atoms with Crippen molar-refractivity contribution in [1.82, 2.24) is 10.2 Å². The Morgan fingerprint density at radius 3 is 2.24 bits per heavy atom. The molecule has 0 spiro atoms. The minimum atomic E-state index is -3.82. The van der Waals surface area contributed by atoms with E-state index < -0.39 is 28.5 Å². The van der Waals surface area contributed by atoms with Crippen LogP contribution in [0.2, 0.25) is 5.02 Å². The van der Waals surface area contributed by atoms with Gasteiger partial charge in [0.05, 0.1) is 11.9 Å². The Morgan fingerprint density at radius 2 is 1.60 bits per heavy atom. The summed E-state index contributed by atoms with van der Waals surface area (Å²) < 4.78 is 27.1. The van der Waals surface area contributed by atoms with Gasteiger partial charge >= 0.3 is 0 Å². The van der Waals surface area contributed by atoms with Crippen LogP contribution >= 0.6 is 11.6 Å². The predicted octanol–water partition coefficient (Wildman–Crippen LogP) is 5.81. The molecule has 0 heterocycles. The summed E-state index contributed by atoms with van der Waals surface area (Å²) in [6.45, 7) is 3.50. The third-order valence-electron chi connectivity index (χ3n) is 7.92. The van der Waals surface area contributed by atoms with Gasteiger partial charge in [-0.2, -0.15) is 0 Å². The Balaban J connectivity index is 1.73. The molecule has 1 fully saturated rings. The summed E-state index contributed by atoms with van der Waals surface area (Å²) in [5.41, 5.74) is 3.99. The molecule has 0 saturated heterocycles. The Bertz CT molecular complexity index is 1490. The summed E-state index contributed by atoms with van der Waals surface area (Å²) in [5.74, 6) is -0.712. The van der Waals surface area contributed by atoms with Crippen LogP contribution in [0, 0.1) is 13.8 Å². The Hall–Kier alpha value is -3.36. The first-order chi connectivity index (χ1) is 20.0. The SMILES string of the molecule is Cc1ccc(N(CC(=O)N(Cc2cccc(Cl)c2)C(Cc2ccccc2)C(=O)NC2CCCCC2)S(C)(=O)=O)cc1C. The molecule has 224 valence electrons. The second-order valence-corrected chi connectivity index (χ2v) is 13.6. The molecule has 1 N–H and O–H groups in total.